The van der Waals surface area contributed by atoms with E-state index in [4.69, 9.17) is 16.3 Å². The molecular weight excluding hydrogens is 364 g/mol. The number of pyridine rings is 1. The van der Waals surface area contributed by atoms with Crippen molar-refractivity contribution in [2.45, 2.75) is 53.9 Å². The number of anilines is 1. The molecule has 1 N–H and O–H groups in total. The minimum atomic E-state index is -0.352. The fraction of sp³-hybridized carbons (Fsp3) is 0.429. The minimum Gasteiger partial charge on any atom is -0.618 e. The normalized spacial score (nSPS) is 10.7. The van der Waals surface area contributed by atoms with E-state index < -0.39 is 0 Å². The van der Waals surface area contributed by atoms with E-state index in [-0.39, 0.29) is 11.5 Å². The quantitative estimate of drug-likeness (QED) is 0.547. The summed E-state index contributed by atoms with van der Waals surface area (Å²) in [5.74, 6) is 0.0800. The van der Waals surface area contributed by atoms with E-state index in [1.165, 1.54) is 0 Å². The van der Waals surface area contributed by atoms with Crippen LogP contribution in [-0.2, 0) is 12.8 Å². The van der Waals surface area contributed by atoms with Gasteiger partial charge in [-0.05, 0) is 42.5 Å². The summed E-state index contributed by atoms with van der Waals surface area (Å²) in [6.07, 6.45) is 2.27. The van der Waals surface area contributed by atoms with Crippen LogP contribution in [0.4, 0.5) is 5.69 Å². The van der Waals surface area contributed by atoms with E-state index >= 15 is 0 Å². The maximum absolute atomic E-state index is 13.1. The van der Waals surface area contributed by atoms with Gasteiger partial charge in [0.25, 0.3) is 5.91 Å². The Labute approximate surface area is 165 Å². The molecule has 2 rings (SSSR count). The van der Waals surface area contributed by atoms with Crippen molar-refractivity contribution >= 4 is 23.2 Å². The molecule has 1 aromatic heterocycles. The molecule has 1 amide bonds. The monoisotopic (exact) mass is 390 g/mol. The maximum Gasteiger partial charge on any atom is 0.265 e. The molecule has 0 bridgehead atoms. The van der Waals surface area contributed by atoms with E-state index in [9.17, 15) is 10.0 Å². The third kappa shape index (κ3) is 4.53. The maximum atomic E-state index is 13.1. The molecule has 27 heavy (non-hydrogen) atoms. The number of nitrogens with one attached hydrogen (secondary N) is 1. The van der Waals surface area contributed by atoms with Crippen LogP contribution in [0.5, 0.6) is 5.75 Å². The molecule has 0 spiro atoms. The zero-order valence-electron chi connectivity index (χ0n) is 16.6. The predicted molar refractivity (Wildman–Crippen MR) is 109 cm³/mol. The van der Waals surface area contributed by atoms with Crippen molar-refractivity contribution in [2.24, 2.45) is 0 Å². The standard InChI is InChI=1S/C21H27ClN2O3/c1-6-9-27-18-10-13(4)24(26)14(5)19(18)21(25)23-20-15(7-2)11-17(22)12-16(20)8-3/h10-12H,6-9H2,1-5H3,(H,23,25). The highest BCUT2D eigenvalue weighted by molar-refractivity contribution is 6.30. The highest BCUT2D eigenvalue weighted by Gasteiger charge is 2.25. The third-order valence-corrected chi connectivity index (χ3v) is 4.75. The molecule has 1 aromatic carbocycles. The zero-order valence-corrected chi connectivity index (χ0v) is 17.4. The fourth-order valence-corrected chi connectivity index (χ4v) is 3.35. The highest BCUT2D eigenvalue weighted by atomic mass is 35.5. The molecular formula is C21H27ClN2O3. The Balaban J connectivity index is 2.52. The van der Waals surface area contributed by atoms with Gasteiger partial charge in [-0.1, -0.05) is 32.4 Å². The van der Waals surface area contributed by atoms with E-state index in [1.807, 2.05) is 32.9 Å². The van der Waals surface area contributed by atoms with Gasteiger partial charge >= 0.3 is 0 Å². The zero-order chi connectivity index (χ0) is 20.1. The first-order valence-electron chi connectivity index (χ1n) is 9.33. The molecule has 5 nitrogen and oxygen atoms in total. The average molecular weight is 391 g/mol. The Kier molecular flexibility index (Phi) is 7.08. The Bertz CT molecular complexity index is 825. The predicted octanol–water partition coefficient (Wildman–Crippen LogP) is 4.76. The molecule has 1 heterocycles. The summed E-state index contributed by atoms with van der Waals surface area (Å²) in [6, 6.07) is 5.34. The van der Waals surface area contributed by atoms with Crippen LogP contribution in [0.2, 0.25) is 5.02 Å². The number of benzene rings is 1. The number of amides is 1. The first kappa shape index (κ1) is 21.0. The van der Waals surface area contributed by atoms with E-state index in [0.29, 0.717) is 28.8 Å². The lowest BCUT2D eigenvalue weighted by atomic mass is 10.0. The summed E-state index contributed by atoms with van der Waals surface area (Å²) in [7, 11) is 0. The molecule has 146 valence electrons. The van der Waals surface area contributed by atoms with Gasteiger partial charge in [0.1, 0.15) is 11.3 Å². The second-order valence-electron chi connectivity index (χ2n) is 6.51. The van der Waals surface area contributed by atoms with E-state index in [2.05, 4.69) is 5.32 Å². The molecule has 0 saturated carbocycles. The molecule has 0 unspecified atom stereocenters. The molecule has 0 aliphatic carbocycles. The molecule has 0 atom stereocenters. The van der Waals surface area contributed by atoms with Crippen LogP contribution in [0.15, 0.2) is 18.2 Å². The minimum absolute atomic E-state index is 0.267. The Hall–Kier alpha value is -2.27. The second-order valence-corrected chi connectivity index (χ2v) is 6.95. The Morgan fingerprint density at radius 1 is 1.15 bits per heavy atom. The Morgan fingerprint density at radius 2 is 1.74 bits per heavy atom. The number of hydrogen-bond donors (Lipinski definition) is 1. The largest absolute Gasteiger partial charge is 0.618 e. The Morgan fingerprint density at radius 3 is 2.26 bits per heavy atom. The van der Waals surface area contributed by atoms with Crippen LogP contribution >= 0.6 is 11.6 Å². The van der Waals surface area contributed by atoms with Crippen molar-refractivity contribution in [1.82, 2.24) is 0 Å². The number of rotatable bonds is 7. The van der Waals surface area contributed by atoms with Crippen LogP contribution in [-0.4, -0.2) is 12.5 Å². The fourth-order valence-electron chi connectivity index (χ4n) is 3.09. The van der Waals surface area contributed by atoms with Crippen molar-refractivity contribution in [3.05, 3.63) is 56.5 Å². The summed E-state index contributed by atoms with van der Waals surface area (Å²) in [5, 5.41) is 16.0. The number of nitrogens with zero attached hydrogens (tertiary/aromatic N) is 1. The highest BCUT2D eigenvalue weighted by Crippen LogP contribution is 2.29. The summed E-state index contributed by atoms with van der Waals surface area (Å²) in [5.41, 5.74) is 3.76. The summed E-state index contributed by atoms with van der Waals surface area (Å²) < 4.78 is 6.52. The van der Waals surface area contributed by atoms with Crippen molar-refractivity contribution in [3.8, 4) is 5.75 Å². The lowest BCUT2D eigenvalue weighted by Crippen LogP contribution is -2.37. The number of halogens is 1. The van der Waals surface area contributed by atoms with Crippen LogP contribution in [0.25, 0.3) is 0 Å². The molecule has 0 aliphatic rings. The van der Waals surface area contributed by atoms with Gasteiger partial charge in [0.2, 0.25) is 5.69 Å². The topological polar surface area (TPSA) is 65.3 Å². The van der Waals surface area contributed by atoms with Crippen LogP contribution in [0, 0.1) is 19.1 Å². The molecule has 2 aromatic rings. The lowest BCUT2D eigenvalue weighted by Gasteiger charge is -2.18. The first-order chi connectivity index (χ1) is 12.8. The van der Waals surface area contributed by atoms with Gasteiger partial charge in [-0.2, -0.15) is 4.73 Å². The van der Waals surface area contributed by atoms with Gasteiger partial charge in [0.05, 0.1) is 6.61 Å². The van der Waals surface area contributed by atoms with Gasteiger partial charge in [0, 0.05) is 30.6 Å². The molecule has 0 radical (unpaired) electrons. The number of aryl methyl sites for hydroxylation is 3. The van der Waals surface area contributed by atoms with Gasteiger partial charge in [0.15, 0.2) is 5.69 Å². The van der Waals surface area contributed by atoms with Gasteiger partial charge in [-0.15, -0.1) is 0 Å². The second kappa shape index (κ2) is 9.09. The summed E-state index contributed by atoms with van der Waals surface area (Å²) >= 11 is 6.20. The van der Waals surface area contributed by atoms with Gasteiger partial charge in [-0.3, -0.25) is 4.79 Å². The summed E-state index contributed by atoms with van der Waals surface area (Å²) in [6.45, 7) is 9.83. The molecule has 0 saturated heterocycles. The van der Waals surface area contributed by atoms with Crippen molar-refractivity contribution in [3.63, 3.8) is 0 Å². The third-order valence-electron chi connectivity index (χ3n) is 4.53. The van der Waals surface area contributed by atoms with Crippen molar-refractivity contribution < 1.29 is 14.3 Å². The number of ether oxygens (including phenoxy) is 1. The number of hydrogen-bond acceptors (Lipinski definition) is 3. The smallest absolute Gasteiger partial charge is 0.265 e. The lowest BCUT2D eigenvalue weighted by molar-refractivity contribution is -0.619. The number of carbonyl (C=O) groups excluding carboxylic acids is 1. The van der Waals surface area contributed by atoms with Crippen molar-refractivity contribution in [1.29, 1.82) is 0 Å². The molecule has 0 fully saturated rings. The number of aromatic nitrogens is 1. The first-order valence-corrected chi connectivity index (χ1v) is 9.70. The number of carbonyl (C=O) groups is 1. The molecule has 6 heteroatoms. The van der Waals surface area contributed by atoms with Crippen LogP contribution < -0.4 is 14.8 Å². The SMILES string of the molecule is CCCOc1cc(C)[n+]([O-])c(C)c1C(=O)Nc1c(CC)cc(Cl)cc1CC. The van der Waals surface area contributed by atoms with E-state index in [0.717, 1.165) is 40.8 Å². The molecule has 0 aliphatic heterocycles. The van der Waals surface area contributed by atoms with Gasteiger partial charge < -0.3 is 15.3 Å². The van der Waals surface area contributed by atoms with Gasteiger partial charge in [-0.25, -0.2) is 0 Å². The van der Waals surface area contributed by atoms with Crippen LogP contribution in [0.3, 0.4) is 0 Å². The van der Waals surface area contributed by atoms with E-state index in [1.54, 1.807) is 19.9 Å². The van der Waals surface area contributed by atoms with Crippen LogP contribution in [0.1, 0.15) is 60.1 Å². The van der Waals surface area contributed by atoms with Crippen molar-refractivity contribution in [2.75, 3.05) is 11.9 Å². The summed E-state index contributed by atoms with van der Waals surface area (Å²) in [4.78, 5) is 13.1. The average Bonchev–Trinajstić information content (AvgIpc) is 2.65.